The fourth-order valence-electron chi connectivity index (χ4n) is 2.58. The van der Waals surface area contributed by atoms with Crippen molar-refractivity contribution in [3.05, 3.63) is 24.3 Å². The number of nitrogens with one attached hydrogen (secondary N) is 2. The smallest absolute Gasteiger partial charge is 0.119 e. The zero-order chi connectivity index (χ0) is 12.8. The molecule has 18 heavy (non-hydrogen) atoms. The molecule has 0 unspecified atom stereocenters. The van der Waals surface area contributed by atoms with E-state index in [-0.39, 0.29) is 0 Å². The summed E-state index contributed by atoms with van der Waals surface area (Å²) < 4.78 is 5.44. The average molecular weight is 248 g/mol. The van der Waals surface area contributed by atoms with E-state index in [0.717, 1.165) is 12.4 Å². The first-order valence-electron chi connectivity index (χ1n) is 6.98. The van der Waals surface area contributed by atoms with Gasteiger partial charge in [0.2, 0.25) is 0 Å². The number of anilines is 1. The van der Waals surface area contributed by atoms with Gasteiger partial charge in [-0.3, -0.25) is 0 Å². The molecule has 0 saturated heterocycles. The van der Waals surface area contributed by atoms with Crippen molar-refractivity contribution >= 4 is 5.69 Å². The molecule has 0 heterocycles. The van der Waals surface area contributed by atoms with E-state index >= 15 is 0 Å². The molecular weight excluding hydrogens is 224 g/mol. The SMILES string of the molecule is CCOc1ccc(NC2CCC(NC)CC2)cc1. The molecular formula is C15H24N2O. The van der Waals surface area contributed by atoms with Crippen molar-refractivity contribution in [1.29, 1.82) is 0 Å². The van der Waals surface area contributed by atoms with Gasteiger partial charge in [-0.15, -0.1) is 0 Å². The first-order valence-corrected chi connectivity index (χ1v) is 6.98. The van der Waals surface area contributed by atoms with Gasteiger partial charge in [-0.2, -0.15) is 0 Å². The summed E-state index contributed by atoms with van der Waals surface area (Å²) in [5.74, 6) is 0.946. The van der Waals surface area contributed by atoms with Gasteiger partial charge in [-0.1, -0.05) is 0 Å². The molecule has 0 bridgehead atoms. The molecule has 1 fully saturated rings. The second-order valence-corrected chi connectivity index (χ2v) is 4.94. The van der Waals surface area contributed by atoms with Gasteiger partial charge in [-0.05, 0) is 63.9 Å². The summed E-state index contributed by atoms with van der Waals surface area (Å²) in [5, 5.41) is 6.98. The molecule has 3 nitrogen and oxygen atoms in total. The Morgan fingerprint density at radius 2 is 1.67 bits per heavy atom. The fraction of sp³-hybridized carbons (Fsp3) is 0.600. The van der Waals surface area contributed by atoms with Gasteiger partial charge in [-0.25, -0.2) is 0 Å². The Labute approximate surface area is 110 Å². The summed E-state index contributed by atoms with van der Waals surface area (Å²) in [4.78, 5) is 0. The molecule has 100 valence electrons. The Balaban J connectivity index is 1.82. The van der Waals surface area contributed by atoms with Crippen LogP contribution in [0.5, 0.6) is 5.75 Å². The van der Waals surface area contributed by atoms with E-state index < -0.39 is 0 Å². The summed E-state index contributed by atoms with van der Waals surface area (Å²) in [6, 6.07) is 9.61. The Morgan fingerprint density at radius 3 is 2.22 bits per heavy atom. The van der Waals surface area contributed by atoms with E-state index in [1.54, 1.807) is 0 Å². The average Bonchev–Trinajstić information content (AvgIpc) is 2.42. The third kappa shape index (κ3) is 3.64. The monoisotopic (exact) mass is 248 g/mol. The number of hydrogen-bond donors (Lipinski definition) is 2. The molecule has 1 aromatic rings. The van der Waals surface area contributed by atoms with Crippen LogP contribution in [0.15, 0.2) is 24.3 Å². The minimum absolute atomic E-state index is 0.618. The van der Waals surface area contributed by atoms with E-state index in [9.17, 15) is 0 Å². The lowest BCUT2D eigenvalue weighted by Gasteiger charge is -2.29. The van der Waals surface area contributed by atoms with Crippen molar-refractivity contribution in [2.75, 3.05) is 19.0 Å². The van der Waals surface area contributed by atoms with Crippen LogP contribution in [0.2, 0.25) is 0 Å². The van der Waals surface area contributed by atoms with Gasteiger partial charge in [0.25, 0.3) is 0 Å². The van der Waals surface area contributed by atoms with Crippen LogP contribution in [-0.2, 0) is 0 Å². The minimum atomic E-state index is 0.618. The Bertz CT molecular complexity index is 342. The van der Waals surface area contributed by atoms with Crippen LogP contribution < -0.4 is 15.4 Å². The molecule has 0 spiro atoms. The second kappa shape index (κ2) is 6.64. The Kier molecular flexibility index (Phi) is 4.88. The maximum Gasteiger partial charge on any atom is 0.119 e. The number of ether oxygens (including phenoxy) is 1. The predicted molar refractivity (Wildman–Crippen MR) is 76.3 cm³/mol. The Morgan fingerprint density at radius 1 is 1.06 bits per heavy atom. The molecule has 1 aliphatic carbocycles. The first kappa shape index (κ1) is 13.2. The molecule has 1 saturated carbocycles. The van der Waals surface area contributed by atoms with Gasteiger partial charge >= 0.3 is 0 Å². The lowest BCUT2D eigenvalue weighted by molar-refractivity contribution is 0.340. The third-order valence-corrected chi connectivity index (χ3v) is 3.67. The molecule has 1 aromatic carbocycles. The highest BCUT2D eigenvalue weighted by molar-refractivity contribution is 5.47. The van der Waals surface area contributed by atoms with Crippen LogP contribution in [0.3, 0.4) is 0 Å². The van der Waals surface area contributed by atoms with Gasteiger partial charge in [0.15, 0.2) is 0 Å². The van der Waals surface area contributed by atoms with E-state index in [0.29, 0.717) is 12.1 Å². The molecule has 1 aliphatic rings. The maximum absolute atomic E-state index is 5.44. The highest BCUT2D eigenvalue weighted by atomic mass is 16.5. The van der Waals surface area contributed by atoms with Gasteiger partial charge in [0.05, 0.1) is 6.61 Å². The van der Waals surface area contributed by atoms with Crippen molar-refractivity contribution in [3.8, 4) is 5.75 Å². The minimum Gasteiger partial charge on any atom is -0.494 e. The third-order valence-electron chi connectivity index (χ3n) is 3.67. The van der Waals surface area contributed by atoms with E-state index in [1.807, 2.05) is 19.1 Å². The number of hydrogen-bond acceptors (Lipinski definition) is 3. The van der Waals surface area contributed by atoms with Crippen molar-refractivity contribution in [2.24, 2.45) is 0 Å². The van der Waals surface area contributed by atoms with Crippen LogP contribution in [0.25, 0.3) is 0 Å². The largest absolute Gasteiger partial charge is 0.494 e. The summed E-state index contributed by atoms with van der Waals surface area (Å²) in [7, 11) is 2.06. The highest BCUT2D eigenvalue weighted by Crippen LogP contribution is 2.23. The number of rotatable bonds is 5. The van der Waals surface area contributed by atoms with Crippen LogP contribution in [0.4, 0.5) is 5.69 Å². The summed E-state index contributed by atoms with van der Waals surface area (Å²) >= 11 is 0. The number of benzene rings is 1. The van der Waals surface area contributed by atoms with Gasteiger partial charge in [0.1, 0.15) is 5.75 Å². The lowest BCUT2D eigenvalue weighted by Crippen LogP contribution is -2.34. The molecule has 2 rings (SSSR count). The van der Waals surface area contributed by atoms with Gasteiger partial charge in [0, 0.05) is 17.8 Å². The summed E-state index contributed by atoms with van der Waals surface area (Å²) in [6.45, 7) is 2.73. The molecule has 3 heteroatoms. The molecule has 2 N–H and O–H groups in total. The highest BCUT2D eigenvalue weighted by Gasteiger charge is 2.19. The lowest BCUT2D eigenvalue weighted by atomic mass is 9.91. The van der Waals surface area contributed by atoms with Crippen LogP contribution >= 0.6 is 0 Å². The summed E-state index contributed by atoms with van der Waals surface area (Å²) in [5.41, 5.74) is 1.20. The zero-order valence-electron chi connectivity index (χ0n) is 11.4. The van der Waals surface area contributed by atoms with Crippen molar-refractivity contribution in [3.63, 3.8) is 0 Å². The molecule has 0 aromatic heterocycles. The van der Waals surface area contributed by atoms with E-state index in [2.05, 4.69) is 29.8 Å². The predicted octanol–water partition coefficient (Wildman–Crippen LogP) is 3.03. The van der Waals surface area contributed by atoms with Crippen molar-refractivity contribution in [2.45, 2.75) is 44.7 Å². The Hall–Kier alpha value is -1.22. The fourth-order valence-corrected chi connectivity index (χ4v) is 2.58. The molecule has 0 atom stereocenters. The topological polar surface area (TPSA) is 33.3 Å². The van der Waals surface area contributed by atoms with Crippen molar-refractivity contribution in [1.82, 2.24) is 5.32 Å². The van der Waals surface area contributed by atoms with Crippen LogP contribution in [-0.4, -0.2) is 25.7 Å². The van der Waals surface area contributed by atoms with Gasteiger partial charge < -0.3 is 15.4 Å². The quantitative estimate of drug-likeness (QED) is 0.840. The van der Waals surface area contributed by atoms with Crippen LogP contribution in [0.1, 0.15) is 32.6 Å². The second-order valence-electron chi connectivity index (χ2n) is 4.94. The van der Waals surface area contributed by atoms with E-state index in [1.165, 1.54) is 31.4 Å². The van der Waals surface area contributed by atoms with E-state index in [4.69, 9.17) is 4.74 Å². The molecule has 0 aliphatic heterocycles. The van der Waals surface area contributed by atoms with Crippen molar-refractivity contribution < 1.29 is 4.74 Å². The normalized spacial score (nSPS) is 23.7. The maximum atomic E-state index is 5.44. The molecule has 0 amide bonds. The zero-order valence-corrected chi connectivity index (χ0v) is 11.4. The standard InChI is InChI=1S/C15H24N2O/c1-3-18-15-10-8-14(9-11-15)17-13-6-4-12(16-2)5-7-13/h8-13,16-17H,3-7H2,1-2H3. The summed E-state index contributed by atoms with van der Waals surface area (Å²) in [6.07, 6.45) is 5.04. The first-order chi connectivity index (χ1) is 8.81. The van der Waals surface area contributed by atoms with Crippen LogP contribution in [0, 0.1) is 0 Å². The molecule has 0 radical (unpaired) electrons.